The van der Waals surface area contributed by atoms with Crippen molar-refractivity contribution in [3.63, 3.8) is 0 Å². The molecular formula is C18H22ClN3O. The topological polar surface area (TPSA) is 49.6 Å². The number of hydrogen-bond acceptors (Lipinski definition) is 3. The van der Waals surface area contributed by atoms with Crippen LogP contribution in [0.4, 0.5) is 11.4 Å². The van der Waals surface area contributed by atoms with E-state index in [-0.39, 0.29) is 24.4 Å². The lowest BCUT2D eigenvalue weighted by Crippen LogP contribution is -2.39. The highest BCUT2D eigenvalue weighted by Crippen LogP contribution is 2.24. The summed E-state index contributed by atoms with van der Waals surface area (Å²) in [6.45, 7) is 1.50. The van der Waals surface area contributed by atoms with Crippen molar-refractivity contribution in [3.8, 4) is 0 Å². The number of nitrogens with zero attached hydrogens (tertiary/aromatic N) is 2. The van der Waals surface area contributed by atoms with Gasteiger partial charge in [0.15, 0.2) is 0 Å². The molecule has 2 aromatic carbocycles. The first kappa shape index (κ1) is 17.3. The Labute approximate surface area is 143 Å². The van der Waals surface area contributed by atoms with E-state index < -0.39 is 0 Å². The third kappa shape index (κ3) is 3.84. The molecule has 1 amide bonds. The minimum atomic E-state index is -0.0679. The Morgan fingerprint density at radius 3 is 2.61 bits per heavy atom. The van der Waals surface area contributed by atoms with E-state index in [2.05, 4.69) is 4.90 Å². The molecule has 0 aliphatic carbocycles. The second-order valence-electron chi connectivity index (χ2n) is 5.79. The van der Waals surface area contributed by atoms with Crippen molar-refractivity contribution in [1.29, 1.82) is 0 Å². The lowest BCUT2D eigenvalue weighted by atomic mass is 10.1. The summed E-state index contributed by atoms with van der Waals surface area (Å²) in [5.74, 6) is 0.178. The zero-order valence-corrected chi connectivity index (χ0v) is 14.0. The molecule has 1 saturated heterocycles. The summed E-state index contributed by atoms with van der Waals surface area (Å²) in [6, 6.07) is 17.6. The molecule has 0 saturated carbocycles. The normalized spacial score (nSPS) is 17.4. The summed E-state index contributed by atoms with van der Waals surface area (Å²) >= 11 is 0. The summed E-state index contributed by atoms with van der Waals surface area (Å²) in [4.78, 5) is 16.7. The minimum absolute atomic E-state index is 0. The fourth-order valence-corrected chi connectivity index (χ4v) is 3.03. The van der Waals surface area contributed by atoms with Crippen molar-refractivity contribution in [2.75, 3.05) is 24.2 Å². The quantitative estimate of drug-likeness (QED) is 0.876. The van der Waals surface area contributed by atoms with Crippen LogP contribution in [0, 0.1) is 0 Å². The fraction of sp³-hybridized carbons (Fsp3) is 0.278. The number of para-hydroxylation sites is 1. The Bertz CT molecular complexity index is 662. The van der Waals surface area contributed by atoms with E-state index in [0.29, 0.717) is 0 Å². The Morgan fingerprint density at radius 2 is 1.91 bits per heavy atom. The minimum Gasteiger partial charge on any atom is -0.399 e. The van der Waals surface area contributed by atoms with Crippen LogP contribution in [0.2, 0.25) is 0 Å². The van der Waals surface area contributed by atoms with Crippen LogP contribution in [0.3, 0.4) is 0 Å². The number of halogens is 1. The highest BCUT2D eigenvalue weighted by molar-refractivity contribution is 5.99. The van der Waals surface area contributed by atoms with E-state index in [9.17, 15) is 4.79 Å². The van der Waals surface area contributed by atoms with Crippen LogP contribution < -0.4 is 10.6 Å². The predicted octanol–water partition coefficient (Wildman–Crippen LogP) is 2.93. The van der Waals surface area contributed by atoms with Crippen LogP contribution in [0.15, 0.2) is 54.6 Å². The van der Waals surface area contributed by atoms with Crippen molar-refractivity contribution in [2.45, 2.75) is 19.0 Å². The first-order chi connectivity index (χ1) is 10.6. The van der Waals surface area contributed by atoms with Crippen LogP contribution in [-0.2, 0) is 11.3 Å². The molecule has 4 nitrogen and oxygen atoms in total. The van der Waals surface area contributed by atoms with E-state index in [4.69, 9.17) is 5.73 Å². The number of nitrogen functional groups attached to an aromatic ring is 1. The van der Waals surface area contributed by atoms with E-state index in [1.165, 1.54) is 0 Å². The third-order valence-corrected chi connectivity index (χ3v) is 4.16. The number of amides is 1. The number of benzene rings is 2. The summed E-state index contributed by atoms with van der Waals surface area (Å²) in [5, 5.41) is 0. The monoisotopic (exact) mass is 331 g/mol. The first-order valence-electron chi connectivity index (χ1n) is 7.56. The molecular weight excluding hydrogens is 310 g/mol. The average Bonchev–Trinajstić information content (AvgIpc) is 2.90. The van der Waals surface area contributed by atoms with Gasteiger partial charge in [-0.05, 0) is 43.3 Å². The smallest absolute Gasteiger partial charge is 0.244 e. The largest absolute Gasteiger partial charge is 0.399 e. The van der Waals surface area contributed by atoms with Crippen LogP contribution in [0.25, 0.3) is 0 Å². The Hall–Kier alpha value is -2.04. The van der Waals surface area contributed by atoms with E-state index >= 15 is 0 Å². The third-order valence-electron chi connectivity index (χ3n) is 4.16. The predicted molar refractivity (Wildman–Crippen MR) is 96.8 cm³/mol. The van der Waals surface area contributed by atoms with Gasteiger partial charge >= 0.3 is 0 Å². The second kappa shape index (κ2) is 7.49. The number of anilines is 2. The molecule has 2 N–H and O–H groups in total. The molecule has 1 atom stereocenters. The highest BCUT2D eigenvalue weighted by Gasteiger charge is 2.35. The summed E-state index contributed by atoms with van der Waals surface area (Å²) in [6.07, 6.45) is 0.854. The Morgan fingerprint density at radius 1 is 1.17 bits per heavy atom. The van der Waals surface area contributed by atoms with Crippen molar-refractivity contribution in [3.05, 3.63) is 60.2 Å². The standard InChI is InChI=1S/C18H21N3O.ClH/c1-20(13-14-6-5-7-15(19)12-14)17-10-11-21(18(17)22)16-8-3-2-4-9-16;/h2-9,12,17H,10-11,13,19H2,1H3;1H. The van der Waals surface area contributed by atoms with Gasteiger partial charge < -0.3 is 10.6 Å². The van der Waals surface area contributed by atoms with Crippen LogP contribution >= 0.6 is 12.4 Å². The molecule has 5 heteroatoms. The van der Waals surface area contributed by atoms with E-state index in [1.807, 2.05) is 66.5 Å². The number of rotatable bonds is 4. The number of likely N-dealkylation sites (N-methyl/N-ethyl adjacent to an activating group) is 1. The van der Waals surface area contributed by atoms with E-state index in [0.717, 1.165) is 36.4 Å². The van der Waals surface area contributed by atoms with E-state index in [1.54, 1.807) is 0 Å². The molecule has 23 heavy (non-hydrogen) atoms. The van der Waals surface area contributed by atoms with Gasteiger partial charge in [-0.1, -0.05) is 30.3 Å². The maximum Gasteiger partial charge on any atom is 0.244 e. The number of nitrogens with two attached hydrogens (primary N) is 1. The van der Waals surface area contributed by atoms with Crippen molar-refractivity contribution in [1.82, 2.24) is 4.90 Å². The van der Waals surface area contributed by atoms with Gasteiger partial charge in [-0.2, -0.15) is 0 Å². The SMILES string of the molecule is CN(Cc1cccc(N)c1)C1CCN(c2ccccc2)C1=O.Cl. The number of carbonyl (C=O) groups excluding carboxylic acids is 1. The molecule has 1 aliphatic heterocycles. The van der Waals surface area contributed by atoms with Crippen LogP contribution in [0.5, 0.6) is 0 Å². The summed E-state index contributed by atoms with van der Waals surface area (Å²) in [7, 11) is 2.00. The van der Waals surface area contributed by atoms with Crippen molar-refractivity contribution >= 4 is 29.7 Å². The molecule has 0 radical (unpaired) electrons. The van der Waals surface area contributed by atoms with Crippen molar-refractivity contribution < 1.29 is 4.79 Å². The molecule has 122 valence electrons. The van der Waals surface area contributed by atoms with Gasteiger partial charge in [-0.3, -0.25) is 9.69 Å². The molecule has 0 aromatic heterocycles. The maximum atomic E-state index is 12.7. The first-order valence-corrected chi connectivity index (χ1v) is 7.56. The molecule has 1 heterocycles. The second-order valence-corrected chi connectivity index (χ2v) is 5.79. The zero-order chi connectivity index (χ0) is 15.5. The lowest BCUT2D eigenvalue weighted by molar-refractivity contribution is -0.121. The Kier molecular flexibility index (Phi) is 5.64. The molecule has 0 spiro atoms. The van der Waals surface area contributed by atoms with Gasteiger partial charge in [0.1, 0.15) is 0 Å². The van der Waals surface area contributed by atoms with Gasteiger partial charge in [0, 0.05) is 24.5 Å². The van der Waals surface area contributed by atoms with Crippen LogP contribution in [-0.4, -0.2) is 30.4 Å². The fourth-order valence-electron chi connectivity index (χ4n) is 3.03. The van der Waals surface area contributed by atoms with Crippen LogP contribution in [0.1, 0.15) is 12.0 Å². The molecule has 2 aromatic rings. The maximum absolute atomic E-state index is 12.7. The molecule has 0 bridgehead atoms. The lowest BCUT2D eigenvalue weighted by Gasteiger charge is -2.24. The van der Waals surface area contributed by atoms with Gasteiger partial charge in [0.25, 0.3) is 0 Å². The van der Waals surface area contributed by atoms with Gasteiger partial charge in [0.2, 0.25) is 5.91 Å². The van der Waals surface area contributed by atoms with Crippen molar-refractivity contribution in [2.24, 2.45) is 0 Å². The number of carbonyl (C=O) groups is 1. The summed E-state index contributed by atoms with van der Waals surface area (Å²) < 4.78 is 0. The van der Waals surface area contributed by atoms with Gasteiger partial charge in [-0.25, -0.2) is 0 Å². The van der Waals surface area contributed by atoms with Gasteiger partial charge in [0.05, 0.1) is 6.04 Å². The average molecular weight is 332 g/mol. The molecule has 1 unspecified atom stereocenters. The zero-order valence-electron chi connectivity index (χ0n) is 13.2. The molecule has 3 rings (SSSR count). The summed E-state index contributed by atoms with van der Waals surface area (Å²) in [5.41, 5.74) is 8.69. The Balaban J connectivity index is 0.00000192. The number of hydrogen-bond donors (Lipinski definition) is 1. The molecule has 1 fully saturated rings. The molecule has 1 aliphatic rings. The highest BCUT2D eigenvalue weighted by atomic mass is 35.5. The van der Waals surface area contributed by atoms with Gasteiger partial charge in [-0.15, -0.1) is 12.4 Å².